The number of hydrogen-bond acceptors (Lipinski definition) is 3. The van der Waals surface area contributed by atoms with E-state index < -0.39 is 0 Å². The Balaban J connectivity index is 1.02. The van der Waals surface area contributed by atoms with Gasteiger partial charge in [0.15, 0.2) is 17.5 Å². The SMILES string of the molecule is c1ccc(-c2nc(-c3ccccc3)nc(-c3cccc(-c4ccc(-n5ccc6ccc7ccc8c(c9ccccc9n8-c8ccccc8)c7c65)cc4)c3)n2)cc1. The Labute approximate surface area is 323 Å². The summed E-state index contributed by atoms with van der Waals surface area (Å²) in [5.41, 5.74) is 10.9. The lowest BCUT2D eigenvalue weighted by molar-refractivity contribution is 1.07. The molecule has 0 atom stereocenters. The molecule has 0 unspecified atom stereocenters. The van der Waals surface area contributed by atoms with Gasteiger partial charge >= 0.3 is 0 Å². The summed E-state index contributed by atoms with van der Waals surface area (Å²) in [5.74, 6) is 1.94. The zero-order chi connectivity index (χ0) is 37.0. The highest BCUT2D eigenvalue weighted by Gasteiger charge is 2.18. The summed E-state index contributed by atoms with van der Waals surface area (Å²) in [7, 11) is 0. The molecule has 8 aromatic carbocycles. The molecule has 3 aromatic heterocycles. The van der Waals surface area contributed by atoms with Crippen molar-refractivity contribution in [1.29, 1.82) is 0 Å². The van der Waals surface area contributed by atoms with Crippen LogP contribution in [-0.2, 0) is 0 Å². The largest absolute Gasteiger partial charge is 0.316 e. The van der Waals surface area contributed by atoms with Gasteiger partial charge in [0, 0.05) is 55.8 Å². The van der Waals surface area contributed by atoms with Gasteiger partial charge in [-0.25, -0.2) is 15.0 Å². The summed E-state index contributed by atoms with van der Waals surface area (Å²) < 4.78 is 4.73. The van der Waals surface area contributed by atoms with Crippen molar-refractivity contribution < 1.29 is 0 Å². The van der Waals surface area contributed by atoms with E-state index >= 15 is 0 Å². The molecule has 5 nitrogen and oxygen atoms in total. The molecule has 0 N–H and O–H groups in total. The second-order valence-electron chi connectivity index (χ2n) is 14.1. The lowest BCUT2D eigenvalue weighted by atomic mass is 10.0. The van der Waals surface area contributed by atoms with Gasteiger partial charge in [0.2, 0.25) is 0 Å². The van der Waals surface area contributed by atoms with E-state index in [4.69, 9.17) is 15.0 Å². The Kier molecular flexibility index (Phi) is 7.42. The molecule has 11 rings (SSSR count). The molecule has 3 heterocycles. The van der Waals surface area contributed by atoms with Crippen molar-refractivity contribution in [2.45, 2.75) is 0 Å². The minimum Gasteiger partial charge on any atom is -0.316 e. The summed E-state index contributed by atoms with van der Waals surface area (Å²) in [4.78, 5) is 14.8. The topological polar surface area (TPSA) is 48.5 Å². The molecule has 262 valence electrons. The number of rotatable bonds is 6. The molecule has 0 bridgehead atoms. The maximum Gasteiger partial charge on any atom is 0.164 e. The minimum atomic E-state index is 0.641. The van der Waals surface area contributed by atoms with Crippen molar-refractivity contribution in [3.63, 3.8) is 0 Å². The molecule has 5 heteroatoms. The van der Waals surface area contributed by atoms with Gasteiger partial charge in [-0.2, -0.15) is 0 Å². The number of nitrogens with zero attached hydrogens (tertiary/aromatic N) is 5. The van der Waals surface area contributed by atoms with E-state index in [1.165, 1.54) is 43.5 Å². The van der Waals surface area contributed by atoms with Crippen molar-refractivity contribution in [2.75, 3.05) is 0 Å². The van der Waals surface area contributed by atoms with Gasteiger partial charge in [-0.05, 0) is 65.0 Å². The van der Waals surface area contributed by atoms with Crippen LogP contribution in [0, 0.1) is 0 Å². The lowest BCUT2D eigenvalue weighted by Crippen LogP contribution is -2.00. The monoisotopic (exact) mass is 715 g/mol. The van der Waals surface area contributed by atoms with Crippen molar-refractivity contribution >= 4 is 43.5 Å². The van der Waals surface area contributed by atoms with Crippen LogP contribution in [-0.4, -0.2) is 24.1 Å². The van der Waals surface area contributed by atoms with Crippen molar-refractivity contribution in [1.82, 2.24) is 24.1 Å². The Morgan fingerprint density at radius 1 is 0.339 bits per heavy atom. The number of aromatic nitrogens is 5. The van der Waals surface area contributed by atoms with Crippen LogP contribution >= 0.6 is 0 Å². The summed E-state index contributed by atoms with van der Waals surface area (Å²) >= 11 is 0. The van der Waals surface area contributed by atoms with Crippen LogP contribution in [0.3, 0.4) is 0 Å². The Morgan fingerprint density at radius 2 is 0.911 bits per heavy atom. The molecular weight excluding hydrogens is 683 g/mol. The molecule has 11 aromatic rings. The zero-order valence-electron chi connectivity index (χ0n) is 30.3. The van der Waals surface area contributed by atoms with E-state index in [0.29, 0.717) is 17.5 Å². The Morgan fingerprint density at radius 3 is 1.62 bits per heavy atom. The smallest absolute Gasteiger partial charge is 0.164 e. The van der Waals surface area contributed by atoms with Crippen LogP contribution < -0.4 is 0 Å². The van der Waals surface area contributed by atoms with Crippen LogP contribution in [0.15, 0.2) is 200 Å². The van der Waals surface area contributed by atoms with E-state index in [-0.39, 0.29) is 0 Å². The van der Waals surface area contributed by atoms with Gasteiger partial charge in [0.05, 0.1) is 16.6 Å². The molecule has 0 amide bonds. The second kappa shape index (κ2) is 13.0. The first-order chi connectivity index (χ1) is 27.8. The normalized spacial score (nSPS) is 11.6. The van der Waals surface area contributed by atoms with E-state index in [9.17, 15) is 0 Å². The quantitative estimate of drug-likeness (QED) is 0.172. The average molecular weight is 716 g/mol. The minimum absolute atomic E-state index is 0.641. The van der Waals surface area contributed by atoms with Crippen LogP contribution in [0.4, 0.5) is 0 Å². The van der Waals surface area contributed by atoms with Gasteiger partial charge in [-0.3, -0.25) is 0 Å². The molecule has 0 radical (unpaired) electrons. The summed E-state index contributed by atoms with van der Waals surface area (Å²) in [6.07, 6.45) is 2.20. The highest BCUT2D eigenvalue weighted by atomic mass is 15.0. The molecule has 0 aliphatic heterocycles. The Bertz CT molecular complexity index is 3160. The molecule has 0 fully saturated rings. The second-order valence-corrected chi connectivity index (χ2v) is 14.1. The fraction of sp³-hybridized carbons (Fsp3) is 0. The van der Waals surface area contributed by atoms with E-state index in [2.05, 4.69) is 149 Å². The predicted molar refractivity (Wildman–Crippen MR) is 230 cm³/mol. The average Bonchev–Trinajstić information content (AvgIpc) is 3.87. The molecule has 0 aliphatic rings. The van der Waals surface area contributed by atoms with Gasteiger partial charge in [0.25, 0.3) is 0 Å². The van der Waals surface area contributed by atoms with Crippen molar-refractivity contribution in [2.24, 2.45) is 0 Å². The maximum atomic E-state index is 4.97. The molecule has 0 aliphatic carbocycles. The van der Waals surface area contributed by atoms with E-state index in [1.807, 2.05) is 60.7 Å². The fourth-order valence-corrected chi connectivity index (χ4v) is 8.16. The first-order valence-electron chi connectivity index (χ1n) is 18.9. The molecule has 0 spiro atoms. The molecular formula is C51H33N5. The molecule has 56 heavy (non-hydrogen) atoms. The summed E-state index contributed by atoms with van der Waals surface area (Å²) in [6, 6.07) is 68.2. The maximum absolute atomic E-state index is 4.97. The van der Waals surface area contributed by atoms with Crippen molar-refractivity contribution in [3.05, 3.63) is 200 Å². The van der Waals surface area contributed by atoms with Gasteiger partial charge in [-0.1, -0.05) is 146 Å². The van der Waals surface area contributed by atoms with Crippen LogP contribution in [0.2, 0.25) is 0 Å². The van der Waals surface area contributed by atoms with Gasteiger partial charge in [-0.15, -0.1) is 0 Å². The van der Waals surface area contributed by atoms with E-state index in [1.54, 1.807) is 0 Å². The van der Waals surface area contributed by atoms with Crippen LogP contribution in [0.1, 0.15) is 0 Å². The third-order valence-electron chi connectivity index (χ3n) is 10.8. The van der Waals surface area contributed by atoms with Gasteiger partial charge in [0.1, 0.15) is 0 Å². The third kappa shape index (κ3) is 5.29. The van der Waals surface area contributed by atoms with Crippen LogP contribution in [0.5, 0.6) is 0 Å². The van der Waals surface area contributed by atoms with Gasteiger partial charge < -0.3 is 9.13 Å². The van der Waals surface area contributed by atoms with Crippen LogP contribution in [0.25, 0.3) is 100 Å². The number of para-hydroxylation sites is 2. The third-order valence-corrected chi connectivity index (χ3v) is 10.8. The first-order valence-corrected chi connectivity index (χ1v) is 18.9. The highest BCUT2D eigenvalue weighted by molar-refractivity contribution is 6.27. The van der Waals surface area contributed by atoms with E-state index in [0.717, 1.165) is 39.2 Å². The van der Waals surface area contributed by atoms with Crippen molar-refractivity contribution in [3.8, 4) is 56.7 Å². The predicted octanol–water partition coefficient (Wildman–Crippen LogP) is 12.7. The number of hydrogen-bond donors (Lipinski definition) is 0. The number of fused-ring (bicyclic) bond motifs is 7. The lowest BCUT2D eigenvalue weighted by Gasteiger charge is -2.12. The zero-order valence-corrected chi connectivity index (χ0v) is 30.3. The highest BCUT2D eigenvalue weighted by Crippen LogP contribution is 2.41. The Hall–Kier alpha value is -7.63. The molecule has 0 saturated heterocycles. The standard InChI is InChI=1S/C51H33N5/c1-4-13-37(14-5-1)49-52-50(38-15-6-2-7-16-38)54-51(53-49)40-18-12-17-39(33-40)34-25-28-41(29-26-34)55-32-31-36-24-23-35-27-30-45-47(46(35)48(36)55)43-21-10-11-22-44(43)56(45)42-19-8-3-9-20-42/h1-33H. The summed E-state index contributed by atoms with van der Waals surface area (Å²) in [6.45, 7) is 0. The first kappa shape index (κ1) is 31.9. The number of benzene rings is 8. The fourth-order valence-electron chi connectivity index (χ4n) is 8.16. The molecule has 0 saturated carbocycles. The summed E-state index contributed by atoms with van der Waals surface area (Å²) in [5, 5.41) is 6.20.